The largest absolute Gasteiger partial charge is 0.381 e. The molecule has 0 aliphatic carbocycles. The summed E-state index contributed by atoms with van der Waals surface area (Å²) in [7, 11) is -3.52. The maximum Gasteiger partial charge on any atom is 0.244 e. The molecule has 1 aromatic rings. The Hall–Kier alpha value is -1.22. The van der Waals surface area contributed by atoms with Crippen LogP contribution in [0.1, 0.15) is 72.1 Å². The zero-order valence-electron chi connectivity index (χ0n) is 22.7. The maximum absolute atomic E-state index is 13.6. The lowest BCUT2D eigenvalue weighted by molar-refractivity contribution is 0.0485. The summed E-state index contributed by atoms with van der Waals surface area (Å²) in [6.45, 7) is 15.2. The maximum atomic E-state index is 13.6. The van der Waals surface area contributed by atoms with Crippen LogP contribution in [0.2, 0.25) is 0 Å². The zero-order valence-corrected chi connectivity index (χ0v) is 23.5. The molecule has 4 aliphatic rings. The van der Waals surface area contributed by atoms with Crippen molar-refractivity contribution in [2.45, 2.75) is 77.0 Å². The van der Waals surface area contributed by atoms with Gasteiger partial charge in [-0.05, 0) is 99.4 Å². The predicted molar refractivity (Wildman–Crippen MR) is 144 cm³/mol. The van der Waals surface area contributed by atoms with E-state index in [0.29, 0.717) is 28.8 Å². The molecule has 7 nitrogen and oxygen atoms in total. The summed E-state index contributed by atoms with van der Waals surface area (Å²) in [6, 6.07) is 3.68. The molecule has 0 N–H and O–H groups in total. The molecule has 0 unspecified atom stereocenters. The first-order chi connectivity index (χ1) is 17.1. The van der Waals surface area contributed by atoms with E-state index in [2.05, 4.69) is 35.6 Å². The number of rotatable bonds is 5. The van der Waals surface area contributed by atoms with Gasteiger partial charge in [0.05, 0.1) is 6.61 Å². The van der Waals surface area contributed by atoms with E-state index in [1.54, 1.807) is 16.6 Å². The predicted octanol–water partition coefficient (Wildman–Crippen LogP) is 4.39. The molecule has 0 amide bonds. The van der Waals surface area contributed by atoms with Crippen LogP contribution in [0.5, 0.6) is 0 Å². The Morgan fingerprint density at radius 2 is 1.67 bits per heavy atom. The molecule has 36 heavy (non-hydrogen) atoms. The smallest absolute Gasteiger partial charge is 0.244 e. The fraction of sp³-hybridized carbons (Fsp3) is 0.821. The standard InChI is InChI=1S/C28H46N4O3S/c1-26(2,3)8-15-30-16-9-27(10-17-30)7-4-14-32(22-27)36(33,34)24-5-6-25(29-21-24)31-18-11-28(12-19-31)13-20-35-23-28/h5-6,21H,4,7-20,22-23H2,1-3H3. The average molecular weight is 519 g/mol. The van der Waals surface area contributed by atoms with Gasteiger partial charge in [0.25, 0.3) is 0 Å². The highest BCUT2D eigenvalue weighted by Gasteiger charge is 2.42. The molecule has 0 radical (unpaired) electrons. The van der Waals surface area contributed by atoms with Crippen molar-refractivity contribution in [2.24, 2.45) is 16.2 Å². The molecule has 0 saturated carbocycles. The molecule has 8 heteroatoms. The molecule has 5 rings (SSSR count). The van der Waals surface area contributed by atoms with Gasteiger partial charge in [-0.15, -0.1) is 0 Å². The Morgan fingerprint density at radius 1 is 0.944 bits per heavy atom. The number of hydrogen-bond donors (Lipinski definition) is 0. The SMILES string of the molecule is CC(C)(C)CCN1CCC2(CCCN(S(=O)(=O)c3ccc(N4CCC5(CCOC5)CC4)nc3)C2)CC1. The summed E-state index contributed by atoms with van der Waals surface area (Å²) in [5.41, 5.74) is 0.840. The molecule has 4 aliphatic heterocycles. The van der Waals surface area contributed by atoms with Gasteiger partial charge < -0.3 is 14.5 Å². The van der Waals surface area contributed by atoms with Crippen LogP contribution in [0.15, 0.2) is 23.2 Å². The van der Waals surface area contributed by atoms with E-state index in [1.165, 1.54) is 6.42 Å². The molecule has 2 spiro atoms. The van der Waals surface area contributed by atoms with Crippen molar-refractivity contribution in [1.29, 1.82) is 0 Å². The van der Waals surface area contributed by atoms with E-state index in [0.717, 1.165) is 96.7 Å². The number of pyridine rings is 1. The Labute approximate surface area is 218 Å². The van der Waals surface area contributed by atoms with Crippen molar-refractivity contribution in [1.82, 2.24) is 14.2 Å². The number of hydrogen-bond acceptors (Lipinski definition) is 6. The lowest BCUT2D eigenvalue weighted by Gasteiger charge is -2.47. The van der Waals surface area contributed by atoms with Crippen LogP contribution in [0, 0.1) is 16.2 Å². The minimum atomic E-state index is -3.52. The van der Waals surface area contributed by atoms with Gasteiger partial charge in [-0.3, -0.25) is 0 Å². The van der Waals surface area contributed by atoms with E-state index in [1.807, 2.05) is 6.07 Å². The van der Waals surface area contributed by atoms with Crippen molar-refractivity contribution in [3.8, 4) is 0 Å². The molecule has 1 aromatic heterocycles. The fourth-order valence-corrected chi connectivity index (χ4v) is 8.17. The van der Waals surface area contributed by atoms with E-state index in [9.17, 15) is 8.42 Å². The summed E-state index contributed by atoms with van der Waals surface area (Å²) in [5, 5.41) is 0. The molecular weight excluding hydrogens is 472 g/mol. The lowest BCUT2D eigenvalue weighted by atomic mass is 9.73. The van der Waals surface area contributed by atoms with E-state index in [4.69, 9.17) is 4.74 Å². The second-order valence-electron chi connectivity index (χ2n) is 13.2. The van der Waals surface area contributed by atoms with Gasteiger partial charge in [-0.2, -0.15) is 4.31 Å². The van der Waals surface area contributed by atoms with Crippen molar-refractivity contribution in [3.63, 3.8) is 0 Å². The molecular formula is C28H46N4O3S. The van der Waals surface area contributed by atoms with Crippen molar-refractivity contribution in [2.75, 3.05) is 63.9 Å². The van der Waals surface area contributed by atoms with E-state index in [-0.39, 0.29) is 5.41 Å². The molecule has 4 fully saturated rings. The minimum Gasteiger partial charge on any atom is -0.381 e. The van der Waals surface area contributed by atoms with Gasteiger partial charge in [0.2, 0.25) is 10.0 Å². The van der Waals surface area contributed by atoms with Crippen molar-refractivity contribution < 1.29 is 13.2 Å². The van der Waals surface area contributed by atoms with Crippen LogP contribution in [0.25, 0.3) is 0 Å². The summed E-state index contributed by atoms with van der Waals surface area (Å²) in [5.74, 6) is 0.889. The van der Waals surface area contributed by atoms with Crippen LogP contribution < -0.4 is 4.90 Å². The Bertz CT molecular complexity index is 981. The number of ether oxygens (including phenoxy) is 1. The van der Waals surface area contributed by atoms with Gasteiger partial charge in [-0.25, -0.2) is 13.4 Å². The minimum absolute atomic E-state index is 0.130. The summed E-state index contributed by atoms with van der Waals surface area (Å²) >= 11 is 0. The highest BCUT2D eigenvalue weighted by atomic mass is 32.2. The summed E-state index contributed by atoms with van der Waals surface area (Å²) in [4.78, 5) is 9.82. The Kier molecular flexibility index (Phi) is 7.45. The fourth-order valence-electron chi connectivity index (χ4n) is 6.64. The lowest BCUT2D eigenvalue weighted by Crippen LogP contribution is -2.51. The van der Waals surface area contributed by atoms with Crippen LogP contribution in [-0.4, -0.2) is 81.6 Å². The number of aromatic nitrogens is 1. The second-order valence-corrected chi connectivity index (χ2v) is 15.2. The van der Waals surface area contributed by atoms with Crippen molar-refractivity contribution in [3.05, 3.63) is 18.3 Å². The molecule has 5 heterocycles. The van der Waals surface area contributed by atoms with E-state index < -0.39 is 10.0 Å². The number of likely N-dealkylation sites (tertiary alicyclic amines) is 1. The number of piperidine rings is 3. The van der Waals surface area contributed by atoms with Gasteiger partial charge in [0.15, 0.2) is 0 Å². The van der Waals surface area contributed by atoms with Crippen molar-refractivity contribution >= 4 is 15.8 Å². The summed E-state index contributed by atoms with van der Waals surface area (Å²) < 4.78 is 34.6. The normalized spacial score (nSPS) is 25.6. The average Bonchev–Trinajstić information content (AvgIpc) is 3.32. The highest BCUT2D eigenvalue weighted by molar-refractivity contribution is 7.89. The Balaban J connectivity index is 1.18. The van der Waals surface area contributed by atoms with Crippen LogP contribution in [-0.2, 0) is 14.8 Å². The summed E-state index contributed by atoms with van der Waals surface area (Å²) in [6.07, 6.45) is 10.5. The van der Waals surface area contributed by atoms with Crippen LogP contribution >= 0.6 is 0 Å². The van der Waals surface area contributed by atoms with Crippen LogP contribution in [0.4, 0.5) is 5.82 Å². The first kappa shape index (κ1) is 26.4. The van der Waals surface area contributed by atoms with E-state index >= 15 is 0 Å². The number of nitrogens with zero attached hydrogens (tertiary/aromatic N) is 4. The Morgan fingerprint density at radius 3 is 2.28 bits per heavy atom. The third kappa shape index (κ3) is 5.77. The monoisotopic (exact) mass is 518 g/mol. The van der Waals surface area contributed by atoms with Gasteiger partial charge in [0.1, 0.15) is 10.7 Å². The third-order valence-electron chi connectivity index (χ3n) is 9.41. The molecule has 0 aromatic carbocycles. The highest BCUT2D eigenvalue weighted by Crippen LogP contribution is 2.42. The zero-order chi connectivity index (χ0) is 25.4. The number of anilines is 1. The van der Waals surface area contributed by atoms with Gasteiger partial charge in [0, 0.05) is 39.0 Å². The van der Waals surface area contributed by atoms with Gasteiger partial charge in [-0.1, -0.05) is 20.8 Å². The topological polar surface area (TPSA) is 66.0 Å². The number of sulfonamides is 1. The first-order valence-corrected chi connectivity index (χ1v) is 15.5. The third-order valence-corrected chi connectivity index (χ3v) is 11.2. The van der Waals surface area contributed by atoms with Crippen LogP contribution in [0.3, 0.4) is 0 Å². The molecule has 4 saturated heterocycles. The first-order valence-electron chi connectivity index (χ1n) is 14.1. The second kappa shape index (κ2) is 10.2. The molecule has 202 valence electrons. The van der Waals surface area contributed by atoms with Gasteiger partial charge >= 0.3 is 0 Å². The molecule has 0 bridgehead atoms. The quantitative estimate of drug-likeness (QED) is 0.576. The molecule has 0 atom stereocenters.